The van der Waals surface area contributed by atoms with Gasteiger partial charge in [-0.15, -0.1) is 0 Å². The van der Waals surface area contributed by atoms with Gasteiger partial charge in [0.15, 0.2) is 0 Å². The summed E-state index contributed by atoms with van der Waals surface area (Å²) in [5.41, 5.74) is 15.7. The van der Waals surface area contributed by atoms with E-state index in [1.807, 2.05) is 5.32 Å². The first-order valence-electron chi connectivity index (χ1n) is 16.5. The van der Waals surface area contributed by atoms with Gasteiger partial charge in [0.25, 0.3) is 0 Å². The molecule has 0 aromatic carbocycles. The summed E-state index contributed by atoms with van der Waals surface area (Å²) < 4.78 is 39.6. The fraction of sp³-hybridized carbons (Fsp3) is 0.441. The van der Waals surface area contributed by atoms with Crippen LogP contribution in [0.2, 0.25) is 0 Å². The highest BCUT2D eigenvalue weighted by molar-refractivity contribution is 5.93. The molecule has 8 N–H and O–H groups in total. The summed E-state index contributed by atoms with van der Waals surface area (Å²) in [5, 5.41) is 10.7. The quantitative estimate of drug-likeness (QED) is 0.0281. The van der Waals surface area contributed by atoms with Gasteiger partial charge in [-0.3, -0.25) is 28.8 Å². The monoisotopic (exact) mass is 878 g/mol. The number of Topliss-reactive ketones (excluding diaryl/α,β-unsaturated/α-hetero) is 2. The van der Waals surface area contributed by atoms with E-state index in [4.69, 9.17) is 22.3 Å². The number of aliphatic carboxylic acids is 1. The number of carbonyl (C=O) groups excluding carboxylic acids is 12. The van der Waals surface area contributed by atoms with E-state index >= 15 is 0 Å². The van der Waals surface area contributed by atoms with Crippen LogP contribution in [0.15, 0.2) is 36.5 Å². The van der Waals surface area contributed by atoms with Crippen LogP contribution < -0.4 is 22.5 Å². The maximum atomic E-state index is 11.6. The van der Waals surface area contributed by atoms with E-state index in [-0.39, 0.29) is 24.4 Å². The van der Waals surface area contributed by atoms with E-state index in [1.54, 1.807) is 0 Å². The Kier molecular flexibility index (Phi) is 32.9. The number of nitrogens with two attached hydrogens (primary N) is 3. The Morgan fingerprint density at radius 2 is 0.902 bits per heavy atom. The molecule has 0 spiro atoms. The molecular weight excluding hydrogens is 832 g/mol. The van der Waals surface area contributed by atoms with Gasteiger partial charge in [0.1, 0.15) is 23.7 Å². The Bertz CT molecular complexity index is 1650. The normalized spacial score (nSPS) is 11.6. The number of carboxylic acids is 1. The molecule has 0 aromatic rings. The zero-order valence-electron chi connectivity index (χ0n) is 33.3. The molecule has 1 amide bonds. The summed E-state index contributed by atoms with van der Waals surface area (Å²) >= 11 is 0. The molecule has 0 rings (SSSR count). The Morgan fingerprint density at radius 1 is 0.525 bits per heavy atom. The number of amides is 1. The lowest BCUT2D eigenvalue weighted by atomic mass is 10.1. The lowest BCUT2D eigenvalue weighted by Crippen LogP contribution is -2.45. The van der Waals surface area contributed by atoms with Gasteiger partial charge in [-0.2, -0.15) is 0 Å². The van der Waals surface area contributed by atoms with E-state index in [0.717, 1.165) is 57.8 Å². The molecule has 0 aliphatic carbocycles. The molecule has 0 heterocycles. The van der Waals surface area contributed by atoms with Crippen molar-refractivity contribution >= 4 is 77.2 Å². The van der Waals surface area contributed by atoms with Gasteiger partial charge < -0.3 is 70.3 Å². The Morgan fingerprint density at radius 3 is 1.25 bits per heavy atom. The van der Waals surface area contributed by atoms with Crippen molar-refractivity contribution < 1.29 is 110 Å². The number of methoxy groups -OCH3 is 3. The lowest BCUT2D eigenvalue weighted by molar-refractivity contribution is -0.168. The number of hydrogen-bond donors (Lipinski definition) is 5. The zero-order valence-corrected chi connectivity index (χ0v) is 33.3. The van der Waals surface area contributed by atoms with Gasteiger partial charge in [-0.05, 0) is 13.8 Å². The fourth-order valence-electron chi connectivity index (χ4n) is 2.81. The topological polar surface area (TPSA) is 415 Å². The molecular formula is C34H46N4O23. The summed E-state index contributed by atoms with van der Waals surface area (Å²) in [6, 6.07) is -3.52. The molecule has 0 aliphatic rings. The maximum Gasteiger partial charge on any atom is 0.333 e. The Balaban J connectivity index is -0.000000833. The predicted octanol–water partition coefficient (Wildman–Crippen LogP) is -4.19. The summed E-state index contributed by atoms with van der Waals surface area (Å²) in [6.45, 7) is -0.0442. The molecule has 0 aliphatic heterocycles. The van der Waals surface area contributed by atoms with Crippen molar-refractivity contribution in [2.24, 2.45) is 17.2 Å². The average molecular weight is 879 g/mol. The van der Waals surface area contributed by atoms with Crippen LogP contribution in [0, 0.1) is 0 Å². The average Bonchev–Trinajstić information content (AvgIpc) is 3.20. The summed E-state index contributed by atoms with van der Waals surface area (Å²) in [5.74, 6) is -10.5. The molecule has 27 nitrogen and oxygen atoms in total. The molecule has 0 bridgehead atoms. The van der Waals surface area contributed by atoms with E-state index in [9.17, 15) is 62.3 Å². The van der Waals surface area contributed by atoms with Gasteiger partial charge >= 0.3 is 59.7 Å². The maximum absolute atomic E-state index is 11.6. The molecule has 0 saturated carbocycles. The van der Waals surface area contributed by atoms with E-state index in [1.165, 1.54) is 13.8 Å². The highest BCUT2D eigenvalue weighted by Crippen LogP contribution is 1.99. The van der Waals surface area contributed by atoms with Crippen molar-refractivity contribution in [1.82, 2.24) is 5.32 Å². The van der Waals surface area contributed by atoms with Crippen LogP contribution >= 0.6 is 0 Å². The molecule has 0 radical (unpaired) electrons. The number of rotatable bonds is 23. The summed E-state index contributed by atoms with van der Waals surface area (Å²) in [7, 11) is 3.41. The first kappa shape index (κ1) is 57.9. The molecule has 340 valence electrons. The van der Waals surface area contributed by atoms with Crippen LogP contribution in [0.5, 0.6) is 0 Å². The molecule has 0 fully saturated rings. The number of hydrogen-bond acceptors (Lipinski definition) is 25. The Hall–Kier alpha value is -7.39. The third-order valence-corrected chi connectivity index (χ3v) is 5.80. The summed E-state index contributed by atoms with van der Waals surface area (Å²) in [6.07, 6.45) is 3.68. The number of carboxylic acid groups (broad SMARTS) is 1. The third-order valence-electron chi connectivity index (χ3n) is 5.80. The number of esters is 9. The second-order valence-electron chi connectivity index (χ2n) is 10.6. The van der Waals surface area contributed by atoms with Crippen molar-refractivity contribution in [2.45, 2.75) is 51.2 Å². The number of ketones is 2. The minimum absolute atomic E-state index is 0.158. The molecule has 0 unspecified atom stereocenters. The van der Waals surface area contributed by atoms with Gasteiger partial charge in [0.2, 0.25) is 26.3 Å². The minimum Gasteiger partial charge on any atom is -0.481 e. The highest BCUT2D eigenvalue weighted by atomic mass is 16.7. The van der Waals surface area contributed by atoms with Gasteiger partial charge in [-0.25, -0.2) is 33.6 Å². The minimum atomic E-state index is -1.48. The van der Waals surface area contributed by atoms with Crippen molar-refractivity contribution in [3.05, 3.63) is 36.5 Å². The highest BCUT2D eigenvalue weighted by Gasteiger charge is 2.25. The lowest BCUT2D eigenvalue weighted by Gasteiger charge is -2.15. The van der Waals surface area contributed by atoms with Crippen molar-refractivity contribution in [3.63, 3.8) is 0 Å². The van der Waals surface area contributed by atoms with Crippen LogP contribution in [-0.2, 0) is 105 Å². The predicted molar refractivity (Wildman–Crippen MR) is 194 cm³/mol. The smallest absolute Gasteiger partial charge is 0.333 e. The zero-order chi connectivity index (χ0) is 47.5. The van der Waals surface area contributed by atoms with Gasteiger partial charge in [-0.1, -0.05) is 0 Å². The van der Waals surface area contributed by atoms with Crippen LogP contribution in [0.1, 0.15) is 33.1 Å². The second kappa shape index (κ2) is 34.6. The SMILES string of the molecule is COC(=O)/C=C/C(=O)OCOC(=O)C[C@H](N)C(C)=O.COC(=O)/C=C/C(=O)OCOC(=O)[C@@H](N)CC(C)=O.COC(=O)/C=C/C(=O)OCOC(=O)[C@H](CC(=O)O)NC(=O)CN. The first-order valence-corrected chi connectivity index (χ1v) is 16.5. The van der Waals surface area contributed by atoms with Crippen molar-refractivity contribution in [3.8, 4) is 0 Å². The van der Waals surface area contributed by atoms with E-state index in [2.05, 4.69) is 42.6 Å². The molecule has 3 atom stereocenters. The number of carbonyl (C=O) groups is 13. The largest absolute Gasteiger partial charge is 0.481 e. The second-order valence-corrected chi connectivity index (χ2v) is 10.6. The third kappa shape index (κ3) is 35.5. The summed E-state index contributed by atoms with van der Waals surface area (Å²) in [4.78, 5) is 142. The first-order chi connectivity index (χ1) is 28.5. The van der Waals surface area contributed by atoms with Crippen molar-refractivity contribution in [1.29, 1.82) is 0 Å². The number of nitrogens with one attached hydrogen (secondary N) is 1. The van der Waals surface area contributed by atoms with Gasteiger partial charge in [0.05, 0.1) is 46.8 Å². The number of ether oxygens (including phenoxy) is 9. The van der Waals surface area contributed by atoms with E-state index in [0.29, 0.717) is 0 Å². The Labute approximate surface area is 345 Å². The van der Waals surface area contributed by atoms with Crippen molar-refractivity contribution in [2.75, 3.05) is 48.3 Å². The van der Waals surface area contributed by atoms with Crippen LogP contribution in [-0.4, -0.2) is 149 Å². The van der Waals surface area contributed by atoms with Gasteiger partial charge in [0, 0.05) is 42.9 Å². The van der Waals surface area contributed by atoms with Crippen LogP contribution in [0.3, 0.4) is 0 Å². The standard InChI is InChI=1S/C12H16N2O9.2C11H15NO7/c1-21-10(18)2-3-11(19)22-6-23-12(20)7(4-9(16)17)14-8(15)5-13;1-7(13)8(12)5-11(16)19-6-18-10(15)4-3-9(14)17-2;1-7(13)5-8(12)11(16)19-6-18-10(15)4-3-9(14)17-2/h2-3,7H,4-6,13H2,1H3,(H,14,15)(H,16,17);2*3-4,8H,5-6,12H2,1-2H3/b3-2+;2*4-3+/t7-;2*8-/m000/s1. The van der Waals surface area contributed by atoms with E-state index < -0.39 is 117 Å². The molecule has 61 heavy (non-hydrogen) atoms. The van der Waals surface area contributed by atoms with Crippen LogP contribution in [0.25, 0.3) is 0 Å². The molecule has 27 heteroatoms. The molecule has 0 saturated heterocycles. The fourth-order valence-corrected chi connectivity index (χ4v) is 2.81. The molecule has 0 aromatic heterocycles. The van der Waals surface area contributed by atoms with Crippen LogP contribution in [0.4, 0.5) is 0 Å².